The number of esters is 1. The number of rotatable bonds is 6. The van der Waals surface area contributed by atoms with Gasteiger partial charge < -0.3 is 44.8 Å². The van der Waals surface area contributed by atoms with Crippen LogP contribution in [0, 0.1) is 52.3 Å². The quantitative estimate of drug-likeness (QED) is 0.244. The summed E-state index contributed by atoms with van der Waals surface area (Å²) in [6, 6.07) is 0. The van der Waals surface area contributed by atoms with E-state index < -0.39 is 55.0 Å². The molecule has 6 rings (SSSR count). The van der Waals surface area contributed by atoms with Crippen LogP contribution in [0.5, 0.6) is 0 Å². The molecule has 2 aliphatic heterocycles. The maximum absolute atomic E-state index is 12.7. The SMILES string of the molecule is C[C@@H]1CC[C@@]2(OC1)OC1C[C@H]3C4CC[C@H]5C[C@@H](OC(=O)[C@H](O)[C@@H](O)[C@@H](O)[C@H](O)CO)[C@H](O)C[C@]5(C)C4CC[C@]3(C)C1[C@@H]2C. The number of fused-ring (bicyclic) bond motifs is 7. The fourth-order valence-corrected chi connectivity index (χ4v) is 11.3. The topological polar surface area (TPSA) is 166 Å². The highest BCUT2D eigenvalue weighted by molar-refractivity contribution is 5.75. The van der Waals surface area contributed by atoms with E-state index in [1.54, 1.807) is 0 Å². The summed E-state index contributed by atoms with van der Waals surface area (Å²) in [5, 5.41) is 60.1. The zero-order valence-electron chi connectivity index (χ0n) is 26.2. The summed E-state index contributed by atoms with van der Waals surface area (Å²) in [5.74, 6) is 1.73. The molecule has 43 heavy (non-hydrogen) atoms. The average Bonchev–Trinajstić information content (AvgIpc) is 3.42. The largest absolute Gasteiger partial charge is 0.458 e. The van der Waals surface area contributed by atoms with E-state index in [-0.39, 0.29) is 22.9 Å². The summed E-state index contributed by atoms with van der Waals surface area (Å²) in [5.41, 5.74) is 0.112. The molecule has 10 nitrogen and oxygen atoms in total. The van der Waals surface area contributed by atoms with Crippen molar-refractivity contribution in [2.24, 2.45) is 52.3 Å². The first-order chi connectivity index (χ1) is 20.3. The van der Waals surface area contributed by atoms with Gasteiger partial charge in [-0.15, -0.1) is 0 Å². The van der Waals surface area contributed by atoms with Gasteiger partial charge in [-0.2, -0.15) is 0 Å². The number of aliphatic hydroxyl groups excluding tert-OH is 6. The van der Waals surface area contributed by atoms with Crippen molar-refractivity contribution in [2.75, 3.05) is 13.2 Å². The predicted octanol–water partition coefficient (Wildman–Crippen LogP) is 1.75. The lowest BCUT2D eigenvalue weighted by Gasteiger charge is -2.62. The van der Waals surface area contributed by atoms with Crippen LogP contribution in [0.15, 0.2) is 0 Å². The molecule has 4 aliphatic carbocycles. The first-order valence-corrected chi connectivity index (χ1v) is 16.8. The lowest BCUT2D eigenvalue weighted by Crippen LogP contribution is -2.58. The van der Waals surface area contributed by atoms with Crippen LogP contribution >= 0.6 is 0 Å². The molecule has 0 bridgehead atoms. The second-order valence-electron chi connectivity index (χ2n) is 15.8. The Morgan fingerprint density at radius 3 is 2.37 bits per heavy atom. The van der Waals surface area contributed by atoms with Crippen LogP contribution in [0.2, 0.25) is 0 Å². The van der Waals surface area contributed by atoms with E-state index in [0.29, 0.717) is 48.3 Å². The van der Waals surface area contributed by atoms with Crippen LogP contribution in [0.4, 0.5) is 0 Å². The van der Waals surface area contributed by atoms with Gasteiger partial charge in [0.15, 0.2) is 11.9 Å². The average molecular weight is 611 g/mol. The second-order valence-corrected chi connectivity index (χ2v) is 15.8. The van der Waals surface area contributed by atoms with Gasteiger partial charge in [0.25, 0.3) is 0 Å². The Bertz CT molecular complexity index is 1030. The smallest absolute Gasteiger partial charge is 0.338 e. The van der Waals surface area contributed by atoms with Gasteiger partial charge in [-0.3, -0.25) is 0 Å². The molecule has 2 heterocycles. The molecule has 17 atom stereocenters. The number of hydrogen-bond acceptors (Lipinski definition) is 10. The van der Waals surface area contributed by atoms with E-state index in [0.717, 1.165) is 51.6 Å². The molecule has 6 fully saturated rings. The highest BCUT2D eigenvalue weighted by Gasteiger charge is 2.69. The summed E-state index contributed by atoms with van der Waals surface area (Å²) in [6.45, 7) is 9.38. The fraction of sp³-hybridized carbons (Fsp3) is 0.970. The molecule has 0 aromatic rings. The maximum atomic E-state index is 12.7. The first-order valence-electron chi connectivity index (χ1n) is 16.8. The van der Waals surface area contributed by atoms with E-state index >= 15 is 0 Å². The van der Waals surface area contributed by atoms with Crippen molar-refractivity contribution in [1.29, 1.82) is 0 Å². The summed E-state index contributed by atoms with van der Waals surface area (Å²) in [4.78, 5) is 12.7. The summed E-state index contributed by atoms with van der Waals surface area (Å²) >= 11 is 0. The van der Waals surface area contributed by atoms with E-state index in [1.165, 1.54) is 0 Å². The number of carbonyl (C=O) groups excluding carboxylic acids is 1. The van der Waals surface area contributed by atoms with Crippen molar-refractivity contribution in [3.8, 4) is 0 Å². The minimum atomic E-state index is -2.11. The number of ether oxygens (including phenoxy) is 3. The third-order valence-electron chi connectivity index (χ3n) is 13.7. The van der Waals surface area contributed by atoms with Crippen LogP contribution in [0.1, 0.15) is 85.5 Å². The number of carbonyl (C=O) groups is 1. The van der Waals surface area contributed by atoms with Gasteiger partial charge in [0.1, 0.15) is 24.4 Å². The summed E-state index contributed by atoms with van der Waals surface area (Å²) < 4.78 is 18.9. The molecule has 0 aromatic heterocycles. The maximum Gasteiger partial charge on any atom is 0.338 e. The predicted molar refractivity (Wildman–Crippen MR) is 154 cm³/mol. The molecule has 0 aromatic carbocycles. The molecule has 246 valence electrons. The third-order valence-corrected chi connectivity index (χ3v) is 13.7. The normalized spacial score (nSPS) is 51.9. The van der Waals surface area contributed by atoms with Crippen molar-refractivity contribution in [1.82, 2.24) is 0 Å². The van der Waals surface area contributed by atoms with Crippen LogP contribution in [-0.4, -0.2) is 98.3 Å². The lowest BCUT2D eigenvalue weighted by atomic mass is 9.44. The number of aliphatic hydroxyl groups is 6. The molecule has 4 saturated carbocycles. The van der Waals surface area contributed by atoms with Crippen molar-refractivity contribution >= 4 is 5.97 Å². The first kappa shape index (κ1) is 32.1. The highest BCUT2D eigenvalue weighted by atomic mass is 16.7. The van der Waals surface area contributed by atoms with E-state index in [1.807, 2.05) is 0 Å². The minimum absolute atomic E-state index is 0.0971. The Kier molecular flexibility index (Phi) is 8.54. The zero-order valence-corrected chi connectivity index (χ0v) is 26.2. The molecule has 2 saturated heterocycles. The number of hydrogen-bond donors (Lipinski definition) is 6. The van der Waals surface area contributed by atoms with E-state index in [4.69, 9.17) is 19.3 Å². The molecular weight excluding hydrogens is 556 g/mol. The van der Waals surface area contributed by atoms with Gasteiger partial charge in [-0.25, -0.2) is 4.79 Å². The Morgan fingerprint density at radius 2 is 1.70 bits per heavy atom. The van der Waals surface area contributed by atoms with Gasteiger partial charge in [-0.05, 0) is 97.7 Å². The Morgan fingerprint density at radius 1 is 0.953 bits per heavy atom. The Hall–Kier alpha value is -0.850. The molecule has 0 amide bonds. The molecule has 4 unspecified atom stereocenters. The monoisotopic (exact) mass is 610 g/mol. The lowest BCUT2D eigenvalue weighted by molar-refractivity contribution is -0.273. The van der Waals surface area contributed by atoms with Crippen molar-refractivity contribution in [2.45, 2.75) is 134 Å². The molecule has 1 spiro atoms. The Balaban J connectivity index is 1.12. The standard InChI is InChI=1S/C33H54O10/c1-16-7-10-33(41-15-16)17(2)26-25(43-33)12-21-19-6-5-18-11-24(42-30(40)29(39)28(38)27(37)23(36)14-34)22(35)13-32(18,4)20(19)8-9-31(21,26)3/h16-29,34-39H,5-15H2,1-4H3/t16-,17+,18+,19?,20?,21+,22-,23-,24-,25?,26?,27+,28+,29-,31+,32+,33-/m1/s1. The summed E-state index contributed by atoms with van der Waals surface area (Å²) in [6.07, 6.45) is -0.765. The van der Waals surface area contributed by atoms with E-state index in [2.05, 4.69) is 27.7 Å². The highest BCUT2D eigenvalue weighted by Crippen LogP contribution is 2.71. The van der Waals surface area contributed by atoms with Crippen LogP contribution in [-0.2, 0) is 19.0 Å². The molecule has 10 heteroatoms. The van der Waals surface area contributed by atoms with Crippen LogP contribution in [0.25, 0.3) is 0 Å². The second kappa shape index (κ2) is 11.4. The zero-order chi connectivity index (χ0) is 31.1. The third kappa shape index (κ3) is 5.01. The van der Waals surface area contributed by atoms with Crippen LogP contribution in [0.3, 0.4) is 0 Å². The van der Waals surface area contributed by atoms with Crippen LogP contribution < -0.4 is 0 Å². The molecule has 6 aliphatic rings. The van der Waals surface area contributed by atoms with E-state index in [9.17, 15) is 30.3 Å². The molecular formula is C33H54O10. The van der Waals surface area contributed by atoms with Crippen molar-refractivity contribution in [3.05, 3.63) is 0 Å². The van der Waals surface area contributed by atoms with Gasteiger partial charge in [0, 0.05) is 12.3 Å². The van der Waals surface area contributed by atoms with Crippen molar-refractivity contribution < 1.29 is 49.6 Å². The minimum Gasteiger partial charge on any atom is -0.458 e. The van der Waals surface area contributed by atoms with Gasteiger partial charge in [0.2, 0.25) is 0 Å². The van der Waals surface area contributed by atoms with Gasteiger partial charge in [0.05, 0.1) is 25.4 Å². The molecule has 0 radical (unpaired) electrons. The van der Waals surface area contributed by atoms with Gasteiger partial charge in [-0.1, -0.05) is 27.7 Å². The molecule has 6 N–H and O–H groups in total. The summed E-state index contributed by atoms with van der Waals surface area (Å²) in [7, 11) is 0. The van der Waals surface area contributed by atoms with Crippen molar-refractivity contribution in [3.63, 3.8) is 0 Å². The Labute approximate surface area is 255 Å². The fourth-order valence-electron chi connectivity index (χ4n) is 11.3. The van der Waals surface area contributed by atoms with Gasteiger partial charge >= 0.3 is 5.97 Å².